The van der Waals surface area contributed by atoms with E-state index in [1.165, 1.54) is 19.1 Å². The minimum absolute atomic E-state index is 0.152. The molecule has 0 aromatic heterocycles. The minimum Gasteiger partial charge on any atom is -0.207 e. The molecule has 1 aromatic rings. The number of halogens is 3. The third-order valence-corrected chi connectivity index (χ3v) is 5.16. The molecule has 0 aliphatic carbocycles. The molecule has 90 valence electrons. The Bertz CT molecular complexity index is 577. The summed E-state index contributed by atoms with van der Waals surface area (Å²) < 4.78 is 45.0. The fourth-order valence-electron chi connectivity index (χ4n) is 1.17. The predicted molar refractivity (Wildman–Crippen MR) is 62.3 cm³/mol. The lowest BCUT2D eigenvalue weighted by atomic mass is 10.2. The van der Waals surface area contributed by atoms with Crippen LogP contribution in [0.5, 0.6) is 0 Å². The van der Waals surface area contributed by atoms with Gasteiger partial charge in [-0.25, -0.2) is 16.8 Å². The van der Waals surface area contributed by atoms with Crippen LogP contribution in [0.1, 0.15) is 5.56 Å². The van der Waals surface area contributed by atoms with Gasteiger partial charge in [0.1, 0.15) is 9.79 Å². The van der Waals surface area contributed by atoms with Crippen molar-refractivity contribution >= 4 is 51.1 Å². The van der Waals surface area contributed by atoms with Crippen molar-refractivity contribution in [3.63, 3.8) is 0 Å². The highest BCUT2D eigenvalue weighted by Crippen LogP contribution is 2.35. The minimum atomic E-state index is -4.29. The van der Waals surface area contributed by atoms with E-state index in [1.807, 2.05) is 0 Å². The zero-order valence-electron chi connectivity index (χ0n) is 7.74. The normalized spacial score (nSPS) is 12.8. The number of aryl methyl sites for hydroxylation is 1. The van der Waals surface area contributed by atoms with Gasteiger partial charge in [-0.1, -0.05) is 17.7 Å². The highest BCUT2D eigenvalue weighted by molar-refractivity contribution is 8.16. The Morgan fingerprint density at radius 3 is 1.69 bits per heavy atom. The lowest BCUT2D eigenvalue weighted by Gasteiger charge is -2.08. The molecular formula is C7H5Cl3O4S2. The van der Waals surface area contributed by atoms with Crippen LogP contribution in [0.4, 0.5) is 0 Å². The van der Waals surface area contributed by atoms with Crippen molar-refractivity contribution < 1.29 is 16.8 Å². The van der Waals surface area contributed by atoms with Crippen LogP contribution in [0, 0.1) is 6.92 Å². The molecule has 0 aliphatic rings. The van der Waals surface area contributed by atoms with Crippen LogP contribution in [0.2, 0.25) is 5.02 Å². The molecule has 0 amide bonds. The maximum Gasteiger partial charge on any atom is 0.264 e. The van der Waals surface area contributed by atoms with Gasteiger partial charge in [0.15, 0.2) is 0 Å². The van der Waals surface area contributed by atoms with Gasteiger partial charge in [-0.05, 0) is 18.6 Å². The van der Waals surface area contributed by atoms with E-state index in [9.17, 15) is 16.8 Å². The van der Waals surface area contributed by atoms with Gasteiger partial charge in [0.2, 0.25) is 0 Å². The van der Waals surface area contributed by atoms with Gasteiger partial charge in [-0.15, -0.1) is 0 Å². The topological polar surface area (TPSA) is 68.3 Å². The largest absolute Gasteiger partial charge is 0.264 e. The van der Waals surface area contributed by atoms with Crippen molar-refractivity contribution in [3.8, 4) is 0 Å². The molecule has 1 rings (SSSR count). The van der Waals surface area contributed by atoms with Crippen LogP contribution in [0.15, 0.2) is 21.9 Å². The highest BCUT2D eigenvalue weighted by Gasteiger charge is 2.28. The average molecular weight is 324 g/mol. The summed E-state index contributed by atoms with van der Waals surface area (Å²) in [5.41, 5.74) is 0.152. The number of hydrogen-bond donors (Lipinski definition) is 0. The molecule has 0 saturated heterocycles. The molecule has 0 atom stereocenters. The van der Waals surface area contributed by atoms with Gasteiger partial charge in [0.05, 0.1) is 5.02 Å². The summed E-state index contributed by atoms with van der Waals surface area (Å²) in [6, 6.07) is 2.57. The second-order valence-corrected chi connectivity index (χ2v) is 8.31. The van der Waals surface area contributed by atoms with Gasteiger partial charge >= 0.3 is 0 Å². The summed E-state index contributed by atoms with van der Waals surface area (Å²) in [6.07, 6.45) is 0. The molecule has 0 heterocycles. The molecule has 0 bridgehead atoms. The van der Waals surface area contributed by atoms with Gasteiger partial charge < -0.3 is 0 Å². The van der Waals surface area contributed by atoms with E-state index in [1.54, 1.807) is 0 Å². The lowest BCUT2D eigenvalue weighted by Crippen LogP contribution is -2.04. The summed E-state index contributed by atoms with van der Waals surface area (Å²) in [7, 11) is 1.71. The highest BCUT2D eigenvalue weighted by atomic mass is 35.7. The average Bonchev–Trinajstić information content (AvgIpc) is 2.04. The SMILES string of the molecule is Cc1ccc(Cl)c(S(=O)(=O)Cl)c1S(=O)(=O)Cl. The standard InChI is InChI=1S/C7H5Cl3O4S2/c1-4-2-3-5(8)7(16(10,13)14)6(4)15(9,11)12/h2-3H,1H3. The van der Waals surface area contributed by atoms with Crippen molar-refractivity contribution in [2.45, 2.75) is 16.7 Å². The van der Waals surface area contributed by atoms with E-state index in [0.717, 1.165) is 0 Å². The maximum atomic E-state index is 11.3. The van der Waals surface area contributed by atoms with Crippen molar-refractivity contribution in [1.82, 2.24) is 0 Å². The monoisotopic (exact) mass is 322 g/mol. The van der Waals surface area contributed by atoms with Gasteiger partial charge in [-0.3, -0.25) is 0 Å². The first-order chi connectivity index (χ1) is 7.05. The number of benzene rings is 1. The Kier molecular flexibility index (Phi) is 3.81. The molecule has 0 fully saturated rings. The Morgan fingerprint density at radius 1 is 0.938 bits per heavy atom. The van der Waals surface area contributed by atoms with Crippen LogP contribution in [0.25, 0.3) is 0 Å². The molecule has 0 spiro atoms. The Morgan fingerprint density at radius 2 is 1.38 bits per heavy atom. The molecule has 1 aromatic carbocycles. The third kappa shape index (κ3) is 2.81. The maximum absolute atomic E-state index is 11.3. The summed E-state index contributed by atoms with van der Waals surface area (Å²) in [5.74, 6) is 0. The Hall–Kier alpha value is -0.0100. The summed E-state index contributed by atoms with van der Waals surface area (Å²) in [5, 5.41) is -0.292. The first-order valence-corrected chi connectivity index (χ1v) is 8.73. The van der Waals surface area contributed by atoms with Crippen LogP contribution in [-0.2, 0) is 18.1 Å². The van der Waals surface area contributed by atoms with Gasteiger partial charge in [0, 0.05) is 21.4 Å². The molecule has 0 aliphatic heterocycles. The van der Waals surface area contributed by atoms with Gasteiger partial charge in [-0.2, -0.15) is 0 Å². The third-order valence-electron chi connectivity index (χ3n) is 1.75. The van der Waals surface area contributed by atoms with Gasteiger partial charge in [0.25, 0.3) is 18.1 Å². The van der Waals surface area contributed by atoms with Crippen molar-refractivity contribution in [2.24, 2.45) is 0 Å². The fourth-order valence-corrected chi connectivity index (χ4v) is 5.28. The quantitative estimate of drug-likeness (QED) is 0.784. The molecule has 0 radical (unpaired) electrons. The first-order valence-electron chi connectivity index (χ1n) is 3.73. The molecule has 9 heteroatoms. The molecule has 4 nitrogen and oxygen atoms in total. The zero-order chi connectivity index (χ0) is 12.7. The van der Waals surface area contributed by atoms with Crippen LogP contribution < -0.4 is 0 Å². The Balaban J connectivity index is 3.93. The molecule has 16 heavy (non-hydrogen) atoms. The van der Waals surface area contributed by atoms with Crippen molar-refractivity contribution in [3.05, 3.63) is 22.7 Å². The van der Waals surface area contributed by atoms with E-state index >= 15 is 0 Å². The van der Waals surface area contributed by atoms with Crippen LogP contribution in [-0.4, -0.2) is 16.8 Å². The van der Waals surface area contributed by atoms with E-state index in [2.05, 4.69) is 0 Å². The van der Waals surface area contributed by atoms with E-state index in [-0.39, 0.29) is 10.6 Å². The lowest BCUT2D eigenvalue weighted by molar-refractivity contribution is 0.596. The smallest absolute Gasteiger partial charge is 0.207 e. The molecule has 0 saturated carbocycles. The van der Waals surface area contributed by atoms with E-state index in [4.69, 9.17) is 33.0 Å². The van der Waals surface area contributed by atoms with Crippen LogP contribution in [0.3, 0.4) is 0 Å². The predicted octanol–water partition coefficient (Wildman–Crippen LogP) is 2.50. The zero-order valence-corrected chi connectivity index (χ0v) is 11.6. The Labute approximate surface area is 107 Å². The summed E-state index contributed by atoms with van der Waals surface area (Å²) in [6.45, 7) is 1.39. The first kappa shape index (κ1) is 14.1. The van der Waals surface area contributed by atoms with Crippen LogP contribution >= 0.6 is 33.0 Å². The second-order valence-electron chi connectivity index (χ2n) is 2.90. The molecule has 0 N–H and O–H groups in total. The number of hydrogen-bond acceptors (Lipinski definition) is 4. The second kappa shape index (κ2) is 4.34. The molecular weight excluding hydrogens is 319 g/mol. The van der Waals surface area contributed by atoms with E-state index < -0.39 is 27.9 Å². The van der Waals surface area contributed by atoms with Crippen molar-refractivity contribution in [2.75, 3.05) is 0 Å². The summed E-state index contributed by atoms with van der Waals surface area (Å²) >= 11 is 5.61. The van der Waals surface area contributed by atoms with E-state index in [0.29, 0.717) is 0 Å². The summed E-state index contributed by atoms with van der Waals surface area (Å²) in [4.78, 5) is -1.28. The molecule has 0 unspecified atom stereocenters. The number of rotatable bonds is 2. The fraction of sp³-hybridized carbons (Fsp3) is 0.143. The van der Waals surface area contributed by atoms with Crippen molar-refractivity contribution in [1.29, 1.82) is 0 Å².